The summed E-state index contributed by atoms with van der Waals surface area (Å²) in [6, 6.07) is 8.31. The molecule has 0 aromatic heterocycles. The van der Waals surface area contributed by atoms with Gasteiger partial charge in [0.25, 0.3) is 0 Å². The zero-order valence-electron chi connectivity index (χ0n) is 11.5. The monoisotopic (exact) mass is 282 g/mol. The first-order chi connectivity index (χ1) is 9.24. The van der Waals surface area contributed by atoms with Gasteiger partial charge in [-0.2, -0.15) is 0 Å². The van der Waals surface area contributed by atoms with Crippen molar-refractivity contribution in [3.63, 3.8) is 0 Å². The van der Waals surface area contributed by atoms with Crippen LogP contribution in [-0.2, 0) is 4.74 Å². The Kier molecular flexibility index (Phi) is 5.64. The van der Waals surface area contributed by atoms with Crippen molar-refractivity contribution in [3.8, 4) is 0 Å². The quantitative estimate of drug-likeness (QED) is 0.923. The van der Waals surface area contributed by atoms with E-state index >= 15 is 0 Å². The van der Waals surface area contributed by atoms with Gasteiger partial charge in [0.2, 0.25) is 0 Å². The van der Waals surface area contributed by atoms with Gasteiger partial charge in [-0.15, -0.1) is 0 Å². The molecule has 0 spiro atoms. The van der Waals surface area contributed by atoms with Crippen molar-refractivity contribution >= 4 is 11.6 Å². The lowest BCUT2D eigenvalue weighted by atomic mass is 9.96. The number of hydrogen-bond donors (Lipinski definition) is 1. The predicted molar refractivity (Wildman–Crippen MR) is 79.5 cm³/mol. The number of nitrogens with two attached hydrogens (primary N) is 1. The number of benzene rings is 1. The number of ether oxygens (including phenoxy) is 1. The second kappa shape index (κ2) is 7.25. The molecule has 2 rings (SSSR count). The average Bonchev–Trinajstić information content (AvgIpc) is 2.70. The van der Waals surface area contributed by atoms with Crippen LogP contribution in [0.5, 0.6) is 0 Å². The van der Waals surface area contributed by atoms with E-state index in [-0.39, 0.29) is 12.1 Å². The maximum Gasteiger partial charge on any atom is 0.0593 e. The molecule has 2 atom stereocenters. The molecule has 19 heavy (non-hydrogen) atoms. The van der Waals surface area contributed by atoms with Gasteiger partial charge in [0, 0.05) is 30.8 Å². The number of nitrogens with zero attached hydrogens (tertiary/aromatic N) is 1. The van der Waals surface area contributed by atoms with Gasteiger partial charge in [-0.1, -0.05) is 36.7 Å². The molecule has 0 amide bonds. The van der Waals surface area contributed by atoms with Crippen LogP contribution in [0.3, 0.4) is 0 Å². The molecule has 106 valence electrons. The standard InChI is InChI=1S/C15H23ClN2O/c1-2-14(17)15(12-6-3-4-7-13(12)16)18-8-5-10-19-11-9-18/h3-4,6-7,14-15H,2,5,8-11,17H2,1H3. The normalized spacial score (nSPS) is 20.8. The lowest BCUT2D eigenvalue weighted by Crippen LogP contribution is -2.42. The molecule has 0 saturated carbocycles. The summed E-state index contributed by atoms with van der Waals surface area (Å²) in [7, 11) is 0. The first-order valence-electron chi connectivity index (χ1n) is 7.06. The molecule has 1 saturated heterocycles. The number of hydrogen-bond acceptors (Lipinski definition) is 3. The van der Waals surface area contributed by atoms with Crippen LogP contribution in [0.25, 0.3) is 0 Å². The summed E-state index contributed by atoms with van der Waals surface area (Å²) in [5.74, 6) is 0. The van der Waals surface area contributed by atoms with Crippen LogP contribution in [0, 0.1) is 0 Å². The van der Waals surface area contributed by atoms with Gasteiger partial charge < -0.3 is 10.5 Å². The summed E-state index contributed by atoms with van der Waals surface area (Å²) in [5.41, 5.74) is 7.50. The summed E-state index contributed by atoms with van der Waals surface area (Å²) < 4.78 is 5.54. The fraction of sp³-hybridized carbons (Fsp3) is 0.600. The molecule has 1 aliphatic rings. The van der Waals surface area contributed by atoms with Crippen molar-refractivity contribution in [2.75, 3.05) is 26.3 Å². The van der Waals surface area contributed by atoms with Crippen LogP contribution in [0.1, 0.15) is 31.4 Å². The molecule has 0 bridgehead atoms. The Morgan fingerprint density at radius 1 is 1.32 bits per heavy atom. The minimum Gasteiger partial charge on any atom is -0.380 e. The Labute approximate surface area is 120 Å². The van der Waals surface area contributed by atoms with Crippen molar-refractivity contribution in [1.82, 2.24) is 4.90 Å². The Morgan fingerprint density at radius 3 is 2.84 bits per heavy atom. The highest BCUT2D eigenvalue weighted by atomic mass is 35.5. The van der Waals surface area contributed by atoms with Gasteiger partial charge in [-0.3, -0.25) is 4.90 Å². The van der Waals surface area contributed by atoms with E-state index < -0.39 is 0 Å². The molecule has 0 aliphatic carbocycles. The lowest BCUT2D eigenvalue weighted by molar-refractivity contribution is 0.125. The van der Waals surface area contributed by atoms with E-state index in [1.807, 2.05) is 18.2 Å². The fourth-order valence-electron chi connectivity index (χ4n) is 2.68. The molecule has 3 nitrogen and oxygen atoms in total. The Bertz CT molecular complexity index is 391. The van der Waals surface area contributed by atoms with Crippen LogP contribution >= 0.6 is 11.6 Å². The molecule has 0 radical (unpaired) electrons. The van der Waals surface area contributed by atoms with Crippen LogP contribution < -0.4 is 5.73 Å². The van der Waals surface area contributed by atoms with Crippen molar-refractivity contribution in [2.24, 2.45) is 5.73 Å². The Morgan fingerprint density at radius 2 is 2.11 bits per heavy atom. The molecule has 4 heteroatoms. The van der Waals surface area contributed by atoms with Crippen molar-refractivity contribution < 1.29 is 4.74 Å². The summed E-state index contributed by atoms with van der Waals surface area (Å²) >= 11 is 6.37. The Balaban J connectivity index is 2.27. The predicted octanol–water partition coefficient (Wildman–Crippen LogP) is 2.84. The topological polar surface area (TPSA) is 38.5 Å². The SMILES string of the molecule is CCC(N)C(c1ccccc1Cl)N1CCCOCC1. The van der Waals surface area contributed by atoms with Crippen LogP contribution in [0.15, 0.2) is 24.3 Å². The Hall–Kier alpha value is -0.610. The maximum atomic E-state index is 6.37. The van der Waals surface area contributed by atoms with E-state index in [9.17, 15) is 0 Å². The number of rotatable bonds is 4. The minimum absolute atomic E-state index is 0.0954. The highest BCUT2D eigenvalue weighted by Gasteiger charge is 2.27. The van der Waals surface area contributed by atoms with Gasteiger partial charge >= 0.3 is 0 Å². The zero-order valence-corrected chi connectivity index (χ0v) is 12.3. The molecule has 2 N–H and O–H groups in total. The van der Waals surface area contributed by atoms with Crippen molar-refractivity contribution in [2.45, 2.75) is 31.8 Å². The third kappa shape index (κ3) is 3.69. The second-order valence-corrected chi connectivity index (χ2v) is 5.45. The molecule has 1 aliphatic heterocycles. The minimum atomic E-state index is 0.0954. The van der Waals surface area contributed by atoms with Crippen molar-refractivity contribution in [3.05, 3.63) is 34.9 Å². The van der Waals surface area contributed by atoms with Crippen LogP contribution in [0.4, 0.5) is 0 Å². The molecule has 2 unspecified atom stereocenters. The van der Waals surface area contributed by atoms with E-state index in [0.29, 0.717) is 0 Å². The summed E-state index contributed by atoms with van der Waals surface area (Å²) in [6.45, 7) is 5.68. The van der Waals surface area contributed by atoms with Gasteiger partial charge in [-0.25, -0.2) is 0 Å². The van der Waals surface area contributed by atoms with E-state index in [1.54, 1.807) is 0 Å². The molecule has 1 aromatic rings. The molecule has 1 aromatic carbocycles. The van der Waals surface area contributed by atoms with Crippen LogP contribution in [-0.4, -0.2) is 37.2 Å². The second-order valence-electron chi connectivity index (χ2n) is 5.04. The van der Waals surface area contributed by atoms with E-state index in [0.717, 1.165) is 49.7 Å². The highest BCUT2D eigenvalue weighted by Crippen LogP contribution is 2.31. The van der Waals surface area contributed by atoms with Crippen LogP contribution in [0.2, 0.25) is 5.02 Å². The first-order valence-corrected chi connectivity index (χ1v) is 7.43. The van der Waals surface area contributed by atoms with Crippen molar-refractivity contribution in [1.29, 1.82) is 0 Å². The third-order valence-electron chi connectivity index (χ3n) is 3.75. The molecular formula is C15H23ClN2O. The summed E-state index contributed by atoms with van der Waals surface area (Å²) in [4.78, 5) is 2.42. The fourth-order valence-corrected chi connectivity index (χ4v) is 2.93. The maximum absolute atomic E-state index is 6.37. The van der Waals surface area contributed by atoms with Gasteiger partial charge in [0.05, 0.1) is 12.6 Å². The molecular weight excluding hydrogens is 260 g/mol. The molecule has 1 heterocycles. The lowest BCUT2D eigenvalue weighted by Gasteiger charge is -2.35. The zero-order chi connectivity index (χ0) is 13.7. The highest BCUT2D eigenvalue weighted by molar-refractivity contribution is 6.31. The molecule has 1 fully saturated rings. The average molecular weight is 283 g/mol. The van der Waals surface area contributed by atoms with E-state index in [1.165, 1.54) is 0 Å². The third-order valence-corrected chi connectivity index (χ3v) is 4.10. The van der Waals surface area contributed by atoms with Gasteiger partial charge in [0.15, 0.2) is 0 Å². The van der Waals surface area contributed by atoms with Gasteiger partial charge in [0.1, 0.15) is 0 Å². The first kappa shape index (κ1) is 14.8. The van der Waals surface area contributed by atoms with E-state index in [2.05, 4.69) is 17.9 Å². The smallest absolute Gasteiger partial charge is 0.0593 e. The van der Waals surface area contributed by atoms with Gasteiger partial charge in [-0.05, 0) is 24.5 Å². The number of halogens is 1. The van der Waals surface area contributed by atoms with E-state index in [4.69, 9.17) is 22.1 Å². The summed E-state index contributed by atoms with van der Waals surface area (Å²) in [5, 5.41) is 0.807. The largest absolute Gasteiger partial charge is 0.380 e. The summed E-state index contributed by atoms with van der Waals surface area (Å²) in [6.07, 6.45) is 1.99.